The molecule has 3 aromatic carbocycles. The molecule has 1 unspecified atom stereocenters. The molecule has 0 bridgehead atoms. The van der Waals surface area contributed by atoms with Gasteiger partial charge in [0, 0.05) is 64.3 Å². The minimum absolute atomic E-state index is 0.0680. The van der Waals surface area contributed by atoms with Gasteiger partial charge < -0.3 is 58.7 Å². The van der Waals surface area contributed by atoms with E-state index < -0.39 is 23.7 Å². The Balaban J connectivity index is 0.744. The molecular formula is C66H98N7O14. The second-order valence-corrected chi connectivity index (χ2v) is 23.1. The van der Waals surface area contributed by atoms with Crippen molar-refractivity contribution in [2.75, 3.05) is 113 Å². The summed E-state index contributed by atoms with van der Waals surface area (Å²) < 4.78 is 46.5. The van der Waals surface area contributed by atoms with E-state index in [4.69, 9.17) is 42.7 Å². The lowest BCUT2D eigenvalue weighted by Gasteiger charge is -2.19. The number of carbonyl (C=O) groups excluding carboxylic acids is 5. The van der Waals surface area contributed by atoms with E-state index in [0.717, 1.165) is 109 Å². The first-order valence-electron chi connectivity index (χ1n) is 31.7. The molecule has 0 aliphatic carbocycles. The van der Waals surface area contributed by atoms with Crippen molar-refractivity contribution in [2.45, 2.75) is 148 Å². The highest BCUT2D eigenvalue weighted by atomic mass is 16.7. The molecule has 4 amide bonds. The Hall–Kier alpha value is -6.49. The lowest BCUT2D eigenvalue weighted by atomic mass is 9.87. The van der Waals surface area contributed by atoms with Crippen molar-refractivity contribution in [3.63, 3.8) is 0 Å². The molecule has 3 aliphatic heterocycles. The Morgan fingerprint density at radius 2 is 1.13 bits per heavy atom. The number of allylic oxidation sites excluding steroid dienone is 1. The molecule has 0 aromatic heterocycles. The fourth-order valence-electron chi connectivity index (χ4n) is 9.92. The zero-order valence-corrected chi connectivity index (χ0v) is 52.3. The number of benzene rings is 3. The molecule has 1 saturated heterocycles. The molecule has 1 radical (unpaired) electrons. The fourth-order valence-corrected chi connectivity index (χ4v) is 9.92. The first kappa shape index (κ1) is 69.6. The van der Waals surface area contributed by atoms with E-state index in [1.165, 1.54) is 11.1 Å². The standard InChI is InChI=1S/C66H98N7O14/c1-66(2,3)55-28-25-52(26-29-55)50-67-31-17-10-11-18-32-68-61(74)48-54-49-62(75)73(65(54)78)87-63(76)24-14-12-20-34-72-51-56(71(4)70-72)21-13-8-6-5-7-9-19-33-69-64(77)53-27-30-59-60(47-53)86-46-42-82-38-37-80-40-44-84-58-23-16-15-22-57(58)83-43-39-79-35-36-81-41-45-85-59/h15-16,22-23,25-30,47,51,54,67H,5-14,17-21,24,31-46,48-50H2,1-4H3,(H,68,74)(H,69,77). The number of nitrogens with zero attached hydrogens (tertiary/aromatic N) is 4. The fraction of sp³-hybridized carbons (Fsp3) is 0.621. The third-order valence-corrected chi connectivity index (χ3v) is 14.9. The normalized spacial score (nSPS) is 16.9. The summed E-state index contributed by atoms with van der Waals surface area (Å²) in [5.74, 6) is -0.944. The maximum atomic E-state index is 13.2. The van der Waals surface area contributed by atoms with Gasteiger partial charge in [-0.1, -0.05) is 109 Å². The van der Waals surface area contributed by atoms with Crippen molar-refractivity contribution in [3.05, 3.63) is 95.3 Å². The summed E-state index contributed by atoms with van der Waals surface area (Å²) in [7, 11) is 1.96. The number of hydroxylamine groups is 2. The van der Waals surface area contributed by atoms with Crippen LogP contribution in [-0.4, -0.2) is 157 Å². The van der Waals surface area contributed by atoms with Gasteiger partial charge in [0.1, 0.15) is 26.4 Å². The summed E-state index contributed by atoms with van der Waals surface area (Å²) in [6.45, 7) is 14.5. The number of ether oxygens (including phenoxy) is 8. The summed E-state index contributed by atoms with van der Waals surface area (Å²) in [5, 5.41) is 13.8. The number of para-hydroxylation sites is 2. The molecule has 21 nitrogen and oxygen atoms in total. The van der Waals surface area contributed by atoms with Crippen molar-refractivity contribution >= 4 is 29.6 Å². The molecule has 481 valence electrons. The second-order valence-electron chi connectivity index (χ2n) is 23.1. The van der Waals surface area contributed by atoms with Crippen molar-refractivity contribution in [3.8, 4) is 23.0 Å². The first-order valence-corrected chi connectivity index (χ1v) is 31.7. The number of amides is 4. The van der Waals surface area contributed by atoms with Crippen LogP contribution < -0.4 is 40.4 Å². The van der Waals surface area contributed by atoms with Gasteiger partial charge in [0.05, 0.1) is 64.5 Å². The molecular weight excluding hydrogens is 1110 g/mol. The van der Waals surface area contributed by atoms with Crippen molar-refractivity contribution in [2.24, 2.45) is 5.92 Å². The van der Waals surface area contributed by atoms with Crippen LogP contribution in [0.15, 0.2) is 78.6 Å². The third kappa shape index (κ3) is 27.2. The summed E-state index contributed by atoms with van der Waals surface area (Å²) in [5.41, 5.74) is 9.02. The van der Waals surface area contributed by atoms with Crippen molar-refractivity contribution < 1.29 is 66.7 Å². The average molecular weight is 1210 g/mol. The van der Waals surface area contributed by atoms with Crippen LogP contribution in [-0.2, 0) is 54.9 Å². The number of unbranched alkanes of at least 4 members (excludes halogenated alkanes) is 11. The monoisotopic (exact) mass is 1210 g/mol. The van der Waals surface area contributed by atoms with E-state index in [0.29, 0.717) is 126 Å². The molecule has 87 heavy (non-hydrogen) atoms. The predicted molar refractivity (Wildman–Crippen MR) is 330 cm³/mol. The minimum Gasteiger partial charge on any atom is -0.487 e. The summed E-state index contributed by atoms with van der Waals surface area (Å²) >= 11 is 0. The van der Waals surface area contributed by atoms with Crippen LogP contribution in [0.4, 0.5) is 0 Å². The molecule has 3 N–H and O–H groups in total. The molecule has 6 rings (SSSR count). The van der Waals surface area contributed by atoms with Gasteiger partial charge in [-0.05, 0) is 104 Å². The number of rotatable bonds is 29. The Labute approximate surface area is 516 Å². The smallest absolute Gasteiger partial charge is 0.333 e. The van der Waals surface area contributed by atoms with Crippen LogP contribution in [0.5, 0.6) is 23.0 Å². The van der Waals surface area contributed by atoms with Gasteiger partial charge >= 0.3 is 5.97 Å². The molecule has 3 heterocycles. The maximum absolute atomic E-state index is 13.2. The number of nitrogens with one attached hydrogen (secondary N) is 3. The summed E-state index contributed by atoms with van der Waals surface area (Å²) in [6, 6.07) is 21.5. The lowest BCUT2D eigenvalue weighted by molar-refractivity contribution is -0.198. The SMILES string of the molecule is CN1[N]N(CCCCCC(=O)ON2C(=O)CC(CC(=O)NCCCCCCNCc3ccc(C(C)(C)C)cc3)C2=O)C=C1CCCCCCCCCNC(=O)c1ccc2c(c1)OCCOCCOCCOc1ccccc1OCCOCCOCCO2. The topological polar surface area (TPSA) is 228 Å². The zero-order valence-electron chi connectivity index (χ0n) is 52.3. The second kappa shape index (κ2) is 40.1. The van der Waals surface area contributed by atoms with Crippen LogP contribution in [0.2, 0.25) is 0 Å². The number of fused-ring (bicyclic) bond motifs is 2. The van der Waals surface area contributed by atoms with Gasteiger partial charge in [0.25, 0.3) is 17.7 Å². The van der Waals surface area contributed by atoms with Gasteiger partial charge in [-0.2, -0.15) is 0 Å². The molecule has 0 spiro atoms. The van der Waals surface area contributed by atoms with Gasteiger partial charge in [-0.15, -0.1) is 5.06 Å². The highest BCUT2D eigenvalue weighted by molar-refractivity contribution is 6.04. The highest BCUT2D eigenvalue weighted by Gasteiger charge is 2.42. The summed E-state index contributed by atoms with van der Waals surface area (Å²) in [6.07, 6.45) is 16.2. The Morgan fingerprint density at radius 1 is 0.598 bits per heavy atom. The van der Waals surface area contributed by atoms with Crippen molar-refractivity contribution in [1.29, 1.82) is 0 Å². The largest absolute Gasteiger partial charge is 0.487 e. The highest BCUT2D eigenvalue weighted by Crippen LogP contribution is 2.30. The molecule has 21 heteroatoms. The predicted octanol–water partition coefficient (Wildman–Crippen LogP) is 8.90. The average Bonchev–Trinajstić information content (AvgIpc) is 3.54. The molecule has 1 fully saturated rings. The van der Waals surface area contributed by atoms with E-state index in [1.54, 1.807) is 18.2 Å². The van der Waals surface area contributed by atoms with E-state index >= 15 is 0 Å². The van der Waals surface area contributed by atoms with Crippen LogP contribution in [0.1, 0.15) is 158 Å². The van der Waals surface area contributed by atoms with Gasteiger partial charge in [-0.3, -0.25) is 29.2 Å². The van der Waals surface area contributed by atoms with E-state index in [2.05, 4.69) is 72.7 Å². The Morgan fingerprint density at radius 3 is 1.74 bits per heavy atom. The van der Waals surface area contributed by atoms with Crippen LogP contribution >= 0.6 is 0 Å². The van der Waals surface area contributed by atoms with Crippen molar-refractivity contribution in [1.82, 2.24) is 36.6 Å². The number of imide groups is 1. The molecule has 3 aliphatic rings. The summed E-state index contributed by atoms with van der Waals surface area (Å²) in [4.78, 5) is 69.2. The minimum atomic E-state index is -0.839. The molecule has 3 aromatic rings. The Bertz CT molecular complexity index is 2540. The van der Waals surface area contributed by atoms with E-state index in [9.17, 15) is 24.0 Å². The van der Waals surface area contributed by atoms with Gasteiger partial charge in [0.2, 0.25) is 5.91 Å². The van der Waals surface area contributed by atoms with Gasteiger partial charge in [0.15, 0.2) is 23.0 Å². The maximum Gasteiger partial charge on any atom is 0.333 e. The quantitative estimate of drug-likeness (QED) is 0.0435. The lowest BCUT2D eigenvalue weighted by Crippen LogP contribution is -2.34. The first-order chi connectivity index (χ1) is 42.3. The number of carbonyl (C=O) groups is 5. The van der Waals surface area contributed by atoms with Crippen LogP contribution in [0, 0.1) is 5.92 Å². The van der Waals surface area contributed by atoms with E-state index in [1.807, 2.05) is 41.3 Å². The zero-order chi connectivity index (χ0) is 61.7. The van der Waals surface area contributed by atoms with Gasteiger partial charge in [-0.25, -0.2) is 4.79 Å². The van der Waals surface area contributed by atoms with E-state index in [-0.39, 0.29) is 49.7 Å². The number of hydrogen-bond acceptors (Lipinski definition) is 17. The number of hydrogen-bond donors (Lipinski definition) is 3. The Kier molecular flexibility index (Phi) is 32.1. The van der Waals surface area contributed by atoms with Crippen LogP contribution in [0.3, 0.4) is 0 Å². The third-order valence-electron chi connectivity index (χ3n) is 14.9. The van der Waals surface area contributed by atoms with Crippen LogP contribution in [0.25, 0.3) is 0 Å². The molecule has 0 saturated carbocycles. The molecule has 1 atom stereocenters.